The number of carbonyl (C=O) groups excluding carboxylic acids is 2. The van der Waals surface area contributed by atoms with Crippen LogP contribution in [0.4, 0.5) is 5.00 Å². The average molecular weight is 492 g/mol. The van der Waals surface area contributed by atoms with E-state index in [0.29, 0.717) is 22.4 Å². The smallest absolute Gasteiger partial charge is 0.341 e. The van der Waals surface area contributed by atoms with Crippen LogP contribution in [-0.4, -0.2) is 43.3 Å². The van der Waals surface area contributed by atoms with Gasteiger partial charge in [0.05, 0.1) is 17.9 Å². The zero-order valence-electron chi connectivity index (χ0n) is 19.0. The minimum atomic E-state index is -0.513. The molecular formula is C21H25N5O5S2. The van der Waals surface area contributed by atoms with Gasteiger partial charge in [-0.1, -0.05) is 25.6 Å². The Morgan fingerprint density at radius 3 is 2.67 bits per heavy atom. The van der Waals surface area contributed by atoms with Crippen molar-refractivity contribution in [1.82, 2.24) is 19.1 Å². The van der Waals surface area contributed by atoms with Crippen LogP contribution in [0.2, 0.25) is 0 Å². The van der Waals surface area contributed by atoms with Gasteiger partial charge in [0.15, 0.2) is 5.65 Å². The van der Waals surface area contributed by atoms with E-state index in [2.05, 4.69) is 15.3 Å². The molecule has 12 heteroatoms. The molecule has 10 nitrogen and oxygen atoms in total. The summed E-state index contributed by atoms with van der Waals surface area (Å²) < 4.78 is 7.50. The number of thiophene rings is 1. The van der Waals surface area contributed by atoms with Gasteiger partial charge in [-0.15, -0.1) is 11.3 Å². The first-order valence-electron chi connectivity index (χ1n) is 10.3. The Bertz CT molecular complexity index is 1330. The Morgan fingerprint density at radius 1 is 1.27 bits per heavy atom. The molecule has 0 unspecified atom stereocenters. The van der Waals surface area contributed by atoms with Crippen molar-refractivity contribution in [3.05, 3.63) is 43.7 Å². The molecule has 0 atom stereocenters. The summed E-state index contributed by atoms with van der Waals surface area (Å²) in [6.45, 7) is 7.92. The molecule has 0 saturated carbocycles. The number of ether oxygens (including phenoxy) is 1. The normalized spacial score (nSPS) is 11.2. The highest BCUT2D eigenvalue weighted by Gasteiger charge is 2.20. The van der Waals surface area contributed by atoms with E-state index >= 15 is 0 Å². The molecule has 33 heavy (non-hydrogen) atoms. The summed E-state index contributed by atoms with van der Waals surface area (Å²) in [4.78, 5) is 59.0. The van der Waals surface area contributed by atoms with E-state index in [1.165, 1.54) is 23.0 Å². The van der Waals surface area contributed by atoms with E-state index in [1.807, 2.05) is 13.8 Å². The first-order chi connectivity index (χ1) is 15.6. The third-order valence-corrected chi connectivity index (χ3v) is 6.37. The van der Waals surface area contributed by atoms with Crippen molar-refractivity contribution < 1.29 is 14.3 Å². The van der Waals surface area contributed by atoms with Gasteiger partial charge in [-0.25, -0.2) is 19.6 Å². The van der Waals surface area contributed by atoms with Gasteiger partial charge in [0.25, 0.3) is 5.56 Å². The predicted molar refractivity (Wildman–Crippen MR) is 128 cm³/mol. The molecule has 3 rings (SSSR count). The molecule has 1 N–H and O–H groups in total. The van der Waals surface area contributed by atoms with Gasteiger partial charge in [-0.05, 0) is 31.2 Å². The van der Waals surface area contributed by atoms with E-state index in [0.717, 1.165) is 16.3 Å². The second-order valence-electron chi connectivity index (χ2n) is 7.65. The summed E-state index contributed by atoms with van der Waals surface area (Å²) in [6, 6.07) is 1.59. The van der Waals surface area contributed by atoms with Crippen molar-refractivity contribution >= 4 is 51.0 Å². The monoisotopic (exact) mass is 491 g/mol. The minimum Gasteiger partial charge on any atom is -0.462 e. The number of aryl methyl sites for hydroxylation is 1. The van der Waals surface area contributed by atoms with Crippen molar-refractivity contribution in [3.8, 4) is 0 Å². The Kier molecular flexibility index (Phi) is 7.69. The maximum atomic E-state index is 12.9. The lowest BCUT2D eigenvalue weighted by molar-refractivity contribution is -0.113. The number of thioether (sulfide) groups is 1. The largest absolute Gasteiger partial charge is 0.462 e. The van der Waals surface area contributed by atoms with Crippen molar-refractivity contribution in [3.63, 3.8) is 0 Å². The number of hydrogen-bond acceptors (Lipinski definition) is 9. The molecule has 0 bridgehead atoms. The van der Waals surface area contributed by atoms with Crippen LogP contribution in [0.5, 0.6) is 0 Å². The number of rotatable bonds is 8. The van der Waals surface area contributed by atoms with Crippen LogP contribution in [0.25, 0.3) is 11.0 Å². The zero-order chi connectivity index (χ0) is 24.3. The van der Waals surface area contributed by atoms with Crippen molar-refractivity contribution in [2.75, 3.05) is 17.7 Å². The van der Waals surface area contributed by atoms with Crippen molar-refractivity contribution in [2.45, 2.75) is 39.3 Å². The maximum absolute atomic E-state index is 12.9. The molecular weight excluding hydrogens is 466 g/mol. The van der Waals surface area contributed by atoms with Gasteiger partial charge in [-0.3, -0.25) is 18.7 Å². The van der Waals surface area contributed by atoms with Gasteiger partial charge in [0, 0.05) is 13.6 Å². The number of amides is 1. The first kappa shape index (κ1) is 24.6. The van der Waals surface area contributed by atoms with Crippen LogP contribution in [-0.2, 0) is 23.1 Å². The van der Waals surface area contributed by atoms with E-state index in [4.69, 9.17) is 4.74 Å². The molecule has 0 saturated heterocycles. The lowest BCUT2D eigenvalue weighted by Gasteiger charge is -2.15. The predicted octanol–water partition coefficient (Wildman–Crippen LogP) is 2.42. The molecule has 0 radical (unpaired) electrons. The Morgan fingerprint density at radius 2 is 2.00 bits per heavy atom. The number of carbonyl (C=O) groups is 2. The second-order valence-corrected chi connectivity index (χ2v) is 9.53. The van der Waals surface area contributed by atoms with Gasteiger partial charge >= 0.3 is 11.7 Å². The van der Waals surface area contributed by atoms with Gasteiger partial charge in [-0.2, -0.15) is 0 Å². The third-order valence-electron chi connectivity index (χ3n) is 4.56. The van der Waals surface area contributed by atoms with Crippen LogP contribution >= 0.6 is 23.1 Å². The van der Waals surface area contributed by atoms with Crippen LogP contribution in [0.15, 0.2) is 26.1 Å². The fraction of sp³-hybridized carbons (Fsp3) is 0.429. The third kappa shape index (κ3) is 5.33. The fourth-order valence-corrected chi connectivity index (χ4v) is 4.80. The van der Waals surface area contributed by atoms with Crippen LogP contribution in [0, 0.1) is 12.8 Å². The summed E-state index contributed by atoms with van der Waals surface area (Å²) in [7, 11) is 1.41. The first-order valence-corrected chi connectivity index (χ1v) is 12.2. The number of anilines is 1. The maximum Gasteiger partial charge on any atom is 0.341 e. The number of esters is 1. The molecule has 1 amide bonds. The molecule has 0 aliphatic rings. The highest BCUT2D eigenvalue weighted by atomic mass is 32.2. The van der Waals surface area contributed by atoms with Gasteiger partial charge in [0.1, 0.15) is 21.2 Å². The van der Waals surface area contributed by atoms with Gasteiger partial charge < -0.3 is 10.1 Å². The highest BCUT2D eigenvalue weighted by molar-refractivity contribution is 8.00. The number of hydrogen-bond donors (Lipinski definition) is 1. The topological polar surface area (TPSA) is 125 Å². The molecule has 3 aromatic heterocycles. The highest BCUT2D eigenvalue weighted by Crippen LogP contribution is 2.26. The molecule has 0 aliphatic carbocycles. The average Bonchev–Trinajstić information content (AvgIpc) is 3.21. The molecule has 0 fully saturated rings. The zero-order valence-corrected chi connectivity index (χ0v) is 20.6. The number of aromatic nitrogens is 4. The lowest BCUT2D eigenvalue weighted by Crippen LogP contribution is -2.39. The fourth-order valence-electron chi connectivity index (χ4n) is 3.15. The number of nitrogens with zero attached hydrogens (tertiary/aromatic N) is 4. The standard InChI is InChI=1S/C21H25N5O5S2/c1-6-31-20(29)13-7-8-32-17(13)24-14(27)10-33-18-15-16(22-12(4)23-18)26(9-11(2)3)21(30)25(5)19(15)28/h7-8,11H,6,9-10H2,1-5H3,(H,24,27). The van der Waals surface area contributed by atoms with E-state index < -0.39 is 17.2 Å². The van der Waals surface area contributed by atoms with Crippen LogP contribution in [0.1, 0.15) is 37.0 Å². The SMILES string of the molecule is CCOC(=O)c1ccsc1NC(=O)CSc1nc(C)nc2c1c(=O)n(C)c(=O)n2CC(C)C. The molecule has 0 aromatic carbocycles. The summed E-state index contributed by atoms with van der Waals surface area (Å²) in [5, 5.41) is 5.31. The van der Waals surface area contributed by atoms with E-state index in [-0.39, 0.29) is 40.8 Å². The Labute approximate surface area is 198 Å². The quantitative estimate of drug-likeness (QED) is 0.289. The summed E-state index contributed by atoms with van der Waals surface area (Å²) in [6.07, 6.45) is 0. The van der Waals surface area contributed by atoms with Crippen LogP contribution in [0.3, 0.4) is 0 Å². The van der Waals surface area contributed by atoms with Crippen LogP contribution < -0.4 is 16.6 Å². The second kappa shape index (κ2) is 10.3. The minimum absolute atomic E-state index is 0.0574. The summed E-state index contributed by atoms with van der Waals surface area (Å²) >= 11 is 2.28. The summed E-state index contributed by atoms with van der Waals surface area (Å²) in [5.74, 6) is -0.396. The number of fused-ring (bicyclic) bond motifs is 1. The van der Waals surface area contributed by atoms with Gasteiger partial charge in [0.2, 0.25) is 5.91 Å². The Balaban J connectivity index is 1.91. The van der Waals surface area contributed by atoms with E-state index in [1.54, 1.807) is 25.3 Å². The van der Waals surface area contributed by atoms with Crippen molar-refractivity contribution in [1.29, 1.82) is 0 Å². The molecule has 176 valence electrons. The molecule has 0 spiro atoms. The lowest BCUT2D eigenvalue weighted by atomic mass is 10.2. The molecule has 0 aliphatic heterocycles. The molecule has 3 heterocycles. The van der Waals surface area contributed by atoms with Crippen molar-refractivity contribution in [2.24, 2.45) is 13.0 Å². The number of nitrogens with one attached hydrogen (secondary N) is 1. The summed E-state index contributed by atoms with van der Waals surface area (Å²) in [5.41, 5.74) is -0.414. The van der Waals surface area contributed by atoms with E-state index in [9.17, 15) is 19.2 Å². The molecule has 3 aromatic rings. The Hall–Kier alpha value is -2.99.